The van der Waals surface area contributed by atoms with Crippen molar-refractivity contribution >= 4 is 7.82 Å². The van der Waals surface area contributed by atoms with E-state index in [0.717, 1.165) is 0 Å². The number of rotatable bonds is 1. The molecule has 0 saturated heterocycles. The topological polar surface area (TPSA) is 92.7 Å². The van der Waals surface area contributed by atoms with Crippen LogP contribution in [0, 0.1) is 0 Å². The zero-order chi connectivity index (χ0) is 5.21. The Morgan fingerprint density at radius 3 is 1.71 bits per heavy atom. The second kappa shape index (κ2) is 3.57. The fourth-order valence-corrected chi connectivity index (χ4v) is 0. The van der Waals surface area contributed by atoms with Gasteiger partial charge in [0.15, 0.2) is 0 Å². The molecule has 0 aliphatic carbocycles. The van der Waals surface area contributed by atoms with Crippen LogP contribution < -0.4 is 9.79 Å². The van der Waals surface area contributed by atoms with Gasteiger partial charge in [-0.1, -0.05) is 0 Å². The molecule has 0 saturated carbocycles. The van der Waals surface area contributed by atoms with E-state index >= 15 is 0 Å². The summed E-state index contributed by atoms with van der Waals surface area (Å²) in [5.74, 6) is 0. The molecule has 1 radical (unpaired) electrons. The Morgan fingerprint density at radius 2 is 1.71 bits per heavy atom. The molecule has 0 spiro atoms. The second-order valence-corrected chi connectivity index (χ2v) is 1.59. The molecular weight excluding hydrogens is 175 g/mol. The first-order valence-corrected chi connectivity index (χ1v) is 2.37. The van der Waals surface area contributed by atoms with Crippen molar-refractivity contribution in [1.82, 2.24) is 0 Å². The molecule has 0 heterocycles. The van der Waals surface area contributed by atoms with Crippen LogP contribution in [0.2, 0.25) is 0 Å². The zero-order valence-corrected chi connectivity index (χ0v) is 4.67. The molecule has 0 bridgehead atoms. The third kappa shape index (κ3) is 10.8. The fraction of sp³-hybridized carbons (Fsp3) is 0. The molecule has 0 aromatic rings. The smallest absolute Gasteiger partial charge is 0.788 e. The predicted molar refractivity (Wildman–Crippen MR) is 11.3 cm³/mol. The van der Waals surface area contributed by atoms with Crippen LogP contribution in [0.15, 0.2) is 0 Å². The van der Waals surface area contributed by atoms with Crippen molar-refractivity contribution in [3.8, 4) is 0 Å². The van der Waals surface area contributed by atoms with Gasteiger partial charge in [-0.05, 0) is 0 Å². The molecule has 0 aromatic heterocycles. The SMILES string of the molecule is O=P([O-])([O-])OO.[Cu+2]. The summed E-state index contributed by atoms with van der Waals surface area (Å²) in [6.07, 6.45) is 0. The summed E-state index contributed by atoms with van der Waals surface area (Å²) >= 11 is 0. The van der Waals surface area contributed by atoms with Gasteiger partial charge in [-0.15, -0.1) is 0 Å². The quantitative estimate of drug-likeness (QED) is 0.222. The Hall–Kier alpha value is 0.589. The van der Waals surface area contributed by atoms with E-state index in [9.17, 15) is 0 Å². The van der Waals surface area contributed by atoms with Gasteiger partial charge in [0.05, 0.1) is 7.82 Å². The van der Waals surface area contributed by atoms with Crippen LogP contribution >= 0.6 is 7.82 Å². The predicted octanol–water partition coefficient (Wildman–Crippen LogP) is -1.70. The van der Waals surface area contributed by atoms with Crippen molar-refractivity contribution in [2.45, 2.75) is 0 Å². The zero-order valence-electron chi connectivity index (χ0n) is 2.83. The van der Waals surface area contributed by atoms with E-state index in [4.69, 9.17) is 19.6 Å². The molecule has 5 nitrogen and oxygen atoms in total. The van der Waals surface area contributed by atoms with Crippen molar-refractivity contribution < 1.29 is 41.4 Å². The van der Waals surface area contributed by atoms with Crippen LogP contribution in [0.1, 0.15) is 0 Å². The Bertz CT molecular complexity index is 72.1. The number of hydrogen-bond acceptors (Lipinski definition) is 5. The van der Waals surface area contributed by atoms with Gasteiger partial charge < -0.3 is 14.4 Å². The number of hydrogen-bond donors (Lipinski definition) is 1. The summed E-state index contributed by atoms with van der Waals surface area (Å²) in [6.45, 7) is 0. The summed E-state index contributed by atoms with van der Waals surface area (Å²) in [5.41, 5.74) is 0. The maximum Gasteiger partial charge on any atom is 2.00 e. The molecule has 7 heavy (non-hydrogen) atoms. The average molecular weight is 176 g/mol. The Labute approximate surface area is 49.9 Å². The van der Waals surface area contributed by atoms with Crippen molar-refractivity contribution in [2.24, 2.45) is 0 Å². The molecule has 0 rings (SSSR count). The first-order valence-electron chi connectivity index (χ1n) is 0.913. The largest absolute Gasteiger partial charge is 2.00 e. The van der Waals surface area contributed by atoms with E-state index in [1.54, 1.807) is 0 Å². The minimum Gasteiger partial charge on any atom is -0.788 e. The first-order chi connectivity index (χ1) is 2.56. The van der Waals surface area contributed by atoms with Crippen molar-refractivity contribution in [3.63, 3.8) is 0 Å². The monoisotopic (exact) mass is 175 g/mol. The van der Waals surface area contributed by atoms with E-state index in [1.165, 1.54) is 0 Å². The summed E-state index contributed by atoms with van der Waals surface area (Å²) in [4.78, 5) is 18.0. The summed E-state index contributed by atoms with van der Waals surface area (Å²) in [7, 11) is -5.09. The maximum absolute atomic E-state index is 9.00. The van der Waals surface area contributed by atoms with Gasteiger partial charge in [0.1, 0.15) is 0 Å². The van der Waals surface area contributed by atoms with Crippen LogP contribution in [0.4, 0.5) is 0 Å². The maximum atomic E-state index is 9.00. The van der Waals surface area contributed by atoms with E-state index in [2.05, 4.69) is 4.67 Å². The molecule has 0 fully saturated rings. The molecule has 0 aromatic carbocycles. The minimum atomic E-state index is -5.09. The van der Waals surface area contributed by atoms with Crippen LogP contribution in [0.3, 0.4) is 0 Å². The van der Waals surface area contributed by atoms with E-state index in [-0.39, 0.29) is 17.1 Å². The minimum absolute atomic E-state index is 0. The molecule has 0 atom stereocenters. The third-order valence-electron chi connectivity index (χ3n) is 0.100. The summed E-state index contributed by atoms with van der Waals surface area (Å²) in [6, 6.07) is 0. The third-order valence-corrected chi connectivity index (χ3v) is 0.300. The molecule has 7 heteroatoms. The Morgan fingerprint density at radius 1 is 1.57 bits per heavy atom. The van der Waals surface area contributed by atoms with Crippen molar-refractivity contribution in [2.75, 3.05) is 0 Å². The summed E-state index contributed by atoms with van der Waals surface area (Å²) in [5, 5.41) is 7.01. The Balaban J connectivity index is 0. The summed E-state index contributed by atoms with van der Waals surface area (Å²) < 4.78 is 11.4. The Kier molecular flexibility index (Phi) is 5.39. The van der Waals surface area contributed by atoms with Gasteiger partial charge in [0.2, 0.25) is 0 Å². The number of phosphoric acid groups is 1. The molecular formula is HCuO5P. The molecule has 47 valence electrons. The fourth-order valence-electron chi connectivity index (χ4n) is 0. The van der Waals surface area contributed by atoms with E-state index in [1.807, 2.05) is 0 Å². The normalized spacial score (nSPS) is 10.1. The average Bonchev–Trinajstić information content (AvgIpc) is 1.35. The molecule has 0 amide bonds. The van der Waals surface area contributed by atoms with Gasteiger partial charge in [0.25, 0.3) is 0 Å². The van der Waals surface area contributed by atoms with Crippen molar-refractivity contribution in [1.29, 1.82) is 0 Å². The standard InChI is InChI=1S/Cu.H3O5P/c;1-5-6(2,3)4/h;1H,(H2,2,3,4)/q+2;/p-2. The first kappa shape index (κ1) is 10.5. The molecule has 0 unspecified atom stereocenters. The van der Waals surface area contributed by atoms with Crippen LogP contribution in [-0.2, 0) is 26.3 Å². The van der Waals surface area contributed by atoms with Gasteiger partial charge in [0, 0.05) is 0 Å². The van der Waals surface area contributed by atoms with Gasteiger partial charge in [-0.25, -0.2) is 9.93 Å². The molecule has 0 aliphatic rings. The second-order valence-electron chi connectivity index (χ2n) is 0.529. The van der Waals surface area contributed by atoms with Crippen molar-refractivity contribution in [3.05, 3.63) is 0 Å². The van der Waals surface area contributed by atoms with Gasteiger partial charge in [-0.3, -0.25) is 0 Å². The van der Waals surface area contributed by atoms with Crippen LogP contribution in [-0.4, -0.2) is 5.26 Å². The van der Waals surface area contributed by atoms with E-state index in [0.29, 0.717) is 0 Å². The molecule has 0 aliphatic heterocycles. The van der Waals surface area contributed by atoms with Crippen LogP contribution in [0.25, 0.3) is 0 Å². The van der Waals surface area contributed by atoms with Gasteiger partial charge in [-0.2, -0.15) is 0 Å². The molecule has 1 N–H and O–H groups in total. The van der Waals surface area contributed by atoms with Gasteiger partial charge >= 0.3 is 17.1 Å². The van der Waals surface area contributed by atoms with E-state index < -0.39 is 7.82 Å². The van der Waals surface area contributed by atoms with Crippen LogP contribution in [0.5, 0.6) is 0 Å².